The Labute approximate surface area is 86.2 Å². The molecule has 4 heteroatoms. The average Bonchev–Trinajstić information content (AvgIpc) is 2.87. The molecule has 72 valence electrons. The van der Waals surface area contributed by atoms with Gasteiger partial charge in [0.15, 0.2) is 0 Å². The summed E-state index contributed by atoms with van der Waals surface area (Å²) in [7, 11) is 0. The molecule has 0 spiro atoms. The molecule has 0 atom stereocenters. The number of aromatic nitrogens is 2. The zero-order valence-electron chi connectivity index (χ0n) is 7.95. The summed E-state index contributed by atoms with van der Waals surface area (Å²) in [5.41, 5.74) is 0. The maximum absolute atomic E-state index is 4.28. The molecule has 0 amide bonds. The Morgan fingerprint density at radius 2 is 2.29 bits per heavy atom. The molecule has 2 heterocycles. The number of hydrogen-bond donors (Lipinski definition) is 1. The van der Waals surface area contributed by atoms with E-state index in [9.17, 15) is 0 Å². The van der Waals surface area contributed by atoms with Crippen LogP contribution in [0.3, 0.4) is 0 Å². The van der Waals surface area contributed by atoms with E-state index in [0.29, 0.717) is 6.04 Å². The molecule has 0 bridgehead atoms. The van der Waals surface area contributed by atoms with Gasteiger partial charge in [-0.3, -0.25) is 0 Å². The minimum atomic E-state index is 0.647. The molecule has 2 aromatic heterocycles. The van der Waals surface area contributed by atoms with E-state index in [1.54, 1.807) is 17.7 Å². The zero-order chi connectivity index (χ0) is 9.54. The molecule has 2 aromatic rings. The second-order valence-corrected chi connectivity index (χ2v) is 4.95. The number of anilines is 1. The van der Waals surface area contributed by atoms with Gasteiger partial charge in [0.05, 0.1) is 5.39 Å². The van der Waals surface area contributed by atoms with Crippen LogP contribution in [-0.2, 0) is 0 Å². The standard InChI is InChI=1S/C10H11N3S/c1-6-4-8-9(13-7-2-3-7)11-5-12-10(8)14-6/h4-5,7H,2-3H2,1H3,(H,11,12,13). The fraction of sp³-hybridized carbons (Fsp3) is 0.400. The summed E-state index contributed by atoms with van der Waals surface area (Å²) in [6.45, 7) is 2.10. The third kappa shape index (κ3) is 1.35. The van der Waals surface area contributed by atoms with Crippen LogP contribution < -0.4 is 5.32 Å². The quantitative estimate of drug-likeness (QED) is 0.818. The van der Waals surface area contributed by atoms with Crippen molar-refractivity contribution in [1.82, 2.24) is 9.97 Å². The molecule has 14 heavy (non-hydrogen) atoms. The van der Waals surface area contributed by atoms with Crippen LogP contribution in [0.25, 0.3) is 10.2 Å². The summed E-state index contributed by atoms with van der Waals surface area (Å²) >= 11 is 1.72. The molecule has 1 fully saturated rings. The Hall–Kier alpha value is -1.16. The summed E-state index contributed by atoms with van der Waals surface area (Å²) in [6.07, 6.45) is 4.19. The van der Waals surface area contributed by atoms with Gasteiger partial charge in [-0.05, 0) is 25.8 Å². The van der Waals surface area contributed by atoms with Crippen LogP contribution >= 0.6 is 11.3 Å². The number of hydrogen-bond acceptors (Lipinski definition) is 4. The molecule has 1 aliphatic carbocycles. The lowest BCUT2D eigenvalue weighted by atomic mass is 10.3. The molecule has 0 aromatic carbocycles. The Morgan fingerprint density at radius 3 is 3.07 bits per heavy atom. The maximum Gasteiger partial charge on any atom is 0.138 e. The second-order valence-electron chi connectivity index (χ2n) is 3.72. The van der Waals surface area contributed by atoms with Gasteiger partial charge in [-0.1, -0.05) is 0 Å². The summed E-state index contributed by atoms with van der Waals surface area (Å²) in [5.74, 6) is 1.00. The number of thiophene rings is 1. The van der Waals surface area contributed by atoms with Gasteiger partial charge in [-0.25, -0.2) is 9.97 Å². The van der Waals surface area contributed by atoms with Gasteiger partial charge in [0.2, 0.25) is 0 Å². The molecular weight excluding hydrogens is 194 g/mol. The van der Waals surface area contributed by atoms with Crippen LogP contribution in [0.5, 0.6) is 0 Å². The number of fused-ring (bicyclic) bond motifs is 1. The lowest BCUT2D eigenvalue weighted by Gasteiger charge is -2.02. The third-order valence-electron chi connectivity index (χ3n) is 2.37. The first kappa shape index (κ1) is 8.17. The Morgan fingerprint density at radius 1 is 1.43 bits per heavy atom. The average molecular weight is 205 g/mol. The number of nitrogens with zero attached hydrogens (tertiary/aromatic N) is 2. The third-order valence-corrected chi connectivity index (χ3v) is 3.33. The van der Waals surface area contributed by atoms with E-state index in [4.69, 9.17) is 0 Å². The molecule has 1 saturated carbocycles. The van der Waals surface area contributed by atoms with E-state index < -0.39 is 0 Å². The predicted octanol–water partition coefficient (Wildman–Crippen LogP) is 2.57. The van der Waals surface area contributed by atoms with Crippen molar-refractivity contribution in [3.05, 3.63) is 17.3 Å². The van der Waals surface area contributed by atoms with E-state index in [1.807, 2.05) is 0 Å². The van der Waals surface area contributed by atoms with Gasteiger partial charge in [0.25, 0.3) is 0 Å². The monoisotopic (exact) mass is 205 g/mol. The summed E-state index contributed by atoms with van der Waals surface area (Å²) < 4.78 is 0. The smallest absolute Gasteiger partial charge is 0.138 e. The first-order valence-electron chi connectivity index (χ1n) is 4.80. The molecule has 0 radical (unpaired) electrons. The first-order chi connectivity index (χ1) is 6.83. The van der Waals surface area contributed by atoms with E-state index in [2.05, 4.69) is 28.3 Å². The second kappa shape index (κ2) is 2.92. The lowest BCUT2D eigenvalue weighted by Crippen LogP contribution is -2.03. The van der Waals surface area contributed by atoms with Crippen LogP contribution in [0.1, 0.15) is 17.7 Å². The predicted molar refractivity (Wildman–Crippen MR) is 58.8 cm³/mol. The molecule has 0 aliphatic heterocycles. The van der Waals surface area contributed by atoms with E-state index in [-0.39, 0.29) is 0 Å². The van der Waals surface area contributed by atoms with Crippen LogP contribution in [-0.4, -0.2) is 16.0 Å². The molecule has 1 aliphatic rings. The van der Waals surface area contributed by atoms with Gasteiger partial charge in [0, 0.05) is 10.9 Å². The summed E-state index contributed by atoms with van der Waals surface area (Å²) in [6, 6.07) is 2.80. The summed E-state index contributed by atoms with van der Waals surface area (Å²) in [4.78, 5) is 10.9. The minimum Gasteiger partial charge on any atom is -0.367 e. The van der Waals surface area contributed by atoms with Crippen LogP contribution in [0.15, 0.2) is 12.4 Å². The van der Waals surface area contributed by atoms with Gasteiger partial charge in [-0.15, -0.1) is 11.3 Å². The maximum atomic E-state index is 4.28. The van der Waals surface area contributed by atoms with Crippen molar-refractivity contribution in [3.8, 4) is 0 Å². The van der Waals surface area contributed by atoms with Crippen molar-refractivity contribution >= 4 is 27.4 Å². The Balaban J connectivity index is 2.11. The van der Waals surface area contributed by atoms with E-state index >= 15 is 0 Å². The molecular formula is C10H11N3S. The van der Waals surface area contributed by atoms with Gasteiger partial charge in [-0.2, -0.15) is 0 Å². The highest BCUT2D eigenvalue weighted by atomic mass is 32.1. The Bertz CT molecular complexity index is 473. The van der Waals surface area contributed by atoms with Crippen molar-refractivity contribution < 1.29 is 0 Å². The van der Waals surface area contributed by atoms with Crippen molar-refractivity contribution in [3.63, 3.8) is 0 Å². The lowest BCUT2D eigenvalue weighted by molar-refractivity contribution is 1.11. The number of aryl methyl sites for hydroxylation is 1. The van der Waals surface area contributed by atoms with Crippen molar-refractivity contribution in [2.24, 2.45) is 0 Å². The van der Waals surface area contributed by atoms with Crippen molar-refractivity contribution in [2.75, 3.05) is 5.32 Å². The minimum absolute atomic E-state index is 0.647. The summed E-state index contributed by atoms with van der Waals surface area (Å²) in [5, 5.41) is 4.60. The Kier molecular flexibility index (Phi) is 1.70. The molecule has 0 unspecified atom stereocenters. The highest BCUT2D eigenvalue weighted by molar-refractivity contribution is 7.18. The van der Waals surface area contributed by atoms with Gasteiger partial charge in [0.1, 0.15) is 17.0 Å². The van der Waals surface area contributed by atoms with E-state index in [0.717, 1.165) is 10.6 Å². The first-order valence-corrected chi connectivity index (χ1v) is 5.62. The largest absolute Gasteiger partial charge is 0.367 e. The molecule has 3 rings (SSSR count). The van der Waals surface area contributed by atoms with Crippen LogP contribution in [0, 0.1) is 6.92 Å². The zero-order valence-corrected chi connectivity index (χ0v) is 8.77. The SMILES string of the molecule is Cc1cc2c(NC3CC3)ncnc2s1. The molecule has 1 N–H and O–H groups in total. The number of nitrogens with one attached hydrogen (secondary N) is 1. The molecule has 0 saturated heterocycles. The highest BCUT2D eigenvalue weighted by Gasteiger charge is 2.22. The fourth-order valence-electron chi connectivity index (χ4n) is 1.51. The van der Waals surface area contributed by atoms with Crippen molar-refractivity contribution in [1.29, 1.82) is 0 Å². The number of rotatable bonds is 2. The van der Waals surface area contributed by atoms with Gasteiger partial charge >= 0.3 is 0 Å². The van der Waals surface area contributed by atoms with Gasteiger partial charge < -0.3 is 5.32 Å². The normalized spacial score (nSPS) is 16.1. The molecule has 3 nitrogen and oxygen atoms in total. The topological polar surface area (TPSA) is 37.8 Å². The van der Waals surface area contributed by atoms with Crippen LogP contribution in [0.2, 0.25) is 0 Å². The van der Waals surface area contributed by atoms with Crippen LogP contribution in [0.4, 0.5) is 5.82 Å². The van der Waals surface area contributed by atoms with E-state index in [1.165, 1.54) is 23.1 Å². The fourth-order valence-corrected chi connectivity index (χ4v) is 2.36. The highest BCUT2D eigenvalue weighted by Crippen LogP contribution is 2.31. The van der Waals surface area contributed by atoms with Crippen molar-refractivity contribution in [2.45, 2.75) is 25.8 Å².